The quantitative estimate of drug-likeness (QED) is 0.0514. The summed E-state index contributed by atoms with van der Waals surface area (Å²) in [4.78, 5) is 24.1. The Hall–Kier alpha value is -2.94. The lowest BCUT2D eigenvalue weighted by atomic mass is 9.88. The van der Waals surface area contributed by atoms with Crippen molar-refractivity contribution in [3.8, 4) is 0 Å². The summed E-state index contributed by atoms with van der Waals surface area (Å²) in [6.45, 7) is 18.9. The molecule has 0 aromatic carbocycles. The van der Waals surface area contributed by atoms with E-state index in [9.17, 15) is 9.59 Å². The Morgan fingerprint density at radius 1 is 0.660 bits per heavy atom. The molecule has 12 heteroatoms. The van der Waals surface area contributed by atoms with Crippen LogP contribution in [0.3, 0.4) is 0 Å². The van der Waals surface area contributed by atoms with Gasteiger partial charge in [0.2, 0.25) is 11.8 Å². The van der Waals surface area contributed by atoms with Crippen LogP contribution in [0.1, 0.15) is 59.3 Å². The first kappa shape index (κ1) is 48.1. The summed E-state index contributed by atoms with van der Waals surface area (Å²) in [5.74, 6) is -0.166. The summed E-state index contributed by atoms with van der Waals surface area (Å²) in [5.41, 5.74) is 5.92. The van der Waals surface area contributed by atoms with E-state index in [2.05, 4.69) is 43.2 Å². The van der Waals surface area contributed by atoms with E-state index < -0.39 is 0 Å². The molecule has 0 heterocycles. The van der Waals surface area contributed by atoms with Gasteiger partial charge in [0.15, 0.2) is 0 Å². The van der Waals surface area contributed by atoms with Gasteiger partial charge in [0.1, 0.15) is 0 Å². The molecule has 0 aliphatic heterocycles. The van der Waals surface area contributed by atoms with Gasteiger partial charge in [-0.25, -0.2) is 0 Å². The summed E-state index contributed by atoms with van der Waals surface area (Å²) in [6, 6.07) is 0. The number of carbonyl (C=O) groups is 2. The maximum atomic E-state index is 12.2. The topological polar surface area (TPSA) is 132 Å². The zero-order chi connectivity index (χ0) is 38.6. The molecule has 0 spiro atoms. The minimum absolute atomic E-state index is 0.0503. The minimum Gasteiger partial charge on any atom is -0.382 e. The summed E-state index contributed by atoms with van der Waals surface area (Å²) >= 11 is 0. The molecule has 302 valence electrons. The number of methoxy groups -OCH3 is 1. The van der Waals surface area contributed by atoms with Crippen molar-refractivity contribution in [2.45, 2.75) is 59.3 Å². The van der Waals surface area contributed by atoms with E-state index in [0.29, 0.717) is 119 Å². The Balaban J connectivity index is 1.87. The first-order valence-corrected chi connectivity index (χ1v) is 19.0. The van der Waals surface area contributed by atoms with Crippen LogP contribution < -0.4 is 10.6 Å². The third-order valence-electron chi connectivity index (χ3n) is 7.78. The van der Waals surface area contributed by atoms with Crippen LogP contribution >= 0.6 is 0 Å². The van der Waals surface area contributed by atoms with E-state index in [1.165, 1.54) is 23.1 Å². The first-order chi connectivity index (χ1) is 25.8. The van der Waals surface area contributed by atoms with Crippen molar-refractivity contribution in [2.75, 3.05) is 119 Å². The average molecular weight is 749 g/mol. The van der Waals surface area contributed by atoms with Crippen molar-refractivity contribution in [1.82, 2.24) is 10.6 Å². The lowest BCUT2D eigenvalue weighted by Crippen LogP contribution is -2.26. The van der Waals surface area contributed by atoms with E-state index >= 15 is 0 Å². The molecule has 0 aromatic heterocycles. The molecule has 0 saturated carbocycles. The van der Waals surface area contributed by atoms with Crippen LogP contribution in [0, 0.1) is 0 Å². The van der Waals surface area contributed by atoms with Gasteiger partial charge in [-0.15, -0.1) is 0 Å². The third-order valence-corrected chi connectivity index (χ3v) is 7.78. The van der Waals surface area contributed by atoms with Crippen LogP contribution in [0.2, 0.25) is 0 Å². The zero-order valence-corrected chi connectivity index (χ0v) is 33.0. The van der Waals surface area contributed by atoms with Crippen molar-refractivity contribution in [1.29, 1.82) is 0 Å². The van der Waals surface area contributed by atoms with Gasteiger partial charge in [0.05, 0.1) is 85.9 Å². The Kier molecular flexibility index (Phi) is 31.6. The van der Waals surface area contributed by atoms with E-state index in [4.69, 9.17) is 37.9 Å². The van der Waals surface area contributed by atoms with Crippen molar-refractivity contribution < 1.29 is 47.5 Å². The third kappa shape index (κ3) is 30.1. The number of hydrogen-bond donors (Lipinski definition) is 2. The Bertz CT molecular complexity index is 1150. The highest BCUT2D eigenvalue weighted by molar-refractivity contribution is 5.88. The second-order valence-corrected chi connectivity index (χ2v) is 12.5. The molecular formula is C41H68N2O10. The first-order valence-electron chi connectivity index (χ1n) is 19.0. The number of hydrogen-bond acceptors (Lipinski definition) is 10. The smallest absolute Gasteiger partial charge is 0.244 e. The van der Waals surface area contributed by atoms with Gasteiger partial charge in [-0.2, -0.15) is 0 Å². The second-order valence-electron chi connectivity index (χ2n) is 12.5. The maximum Gasteiger partial charge on any atom is 0.244 e. The predicted octanol–water partition coefficient (Wildman–Crippen LogP) is 5.21. The summed E-state index contributed by atoms with van der Waals surface area (Å²) < 4.78 is 43.1. The summed E-state index contributed by atoms with van der Waals surface area (Å²) in [6.07, 6.45) is 17.0. The fourth-order valence-corrected chi connectivity index (χ4v) is 4.81. The molecule has 0 radical (unpaired) electrons. The lowest BCUT2D eigenvalue weighted by Gasteiger charge is -2.17. The molecule has 0 saturated heterocycles. The van der Waals surface area contributed by atoms with Gasteiger partial charge in [-0.05, 0) is 69.6 Å². The number of nitrogens with one attached hydrogen (secondary N) is 2. The van der Waals surface area contributed by atoms with Gasteiger partial charge in [0.25, 0.3) is 0 Å². The van der Waals surface area contributed by atoms with Crippen LogP contribution in [0.4, 0.5) is 0 Å². The number of amides is 2. The van der Waals surface area contributed by atoms with E-state index in [1.807, 2.05) is 25.2 Å². The largest absolute Gasteiger partial charge is 0.382 e. The molecule has 1 aliphatic carbocycles. The summed E-state index contributed by atoms with van der Waals surface area (Å²) in [5, 5.41) is 5.75. The molecule has 0 atom stereocenters. The van der Waals surface area contributed by atoms with Crippen LogP contribution in [0.5, 0.6) is 0 Å². The number of rotatable bonds is 34. The Labute approximate surface area is 319 Å². The Morgan fingerprint density at radius 2 is 1.17 bits per heavy atom. The van der Waals surface area contributed by atoms with Crippen LogP contribution in [-0.4, -0.2) is 131 Å². The van der Waals surface area contributed by atoms with Crippen LogP contribution in [-0.2, 0) is 47.5 Å². The lowest BCUT2D eigenvalue weighted by molar-refractivity contribution is -0.122. The maximum absolute atomic E-state index is 12.2. The minimum atomic E-state index is -0.116. The van der Waals surface area contributed by atoms with Crippen molar-refractivity contribution >= 4 is 11.8 Å². The highest BCUT2D eigenvalue weighted by Crippen LogP contribution is 2.29. The Morgan fingerprint density at radius 3 is 1.72 bits per heavy atom. The van der Waals surface area contributed by atoms with Crippen LogP contribution in [0.25, 0.3) is 0 Å². The molecular weight excluding hydrogens is 680 g/mol. The fourth-order valence-electron chi connectivity index (χ4n) is 4.81. The van der Waals surface area contributed by atoms with Gasteiger partial charge in [0, 0.05) is 45.9 Å². The van der Waals surface area contributed by atoms with Gasteiger partial charge < -0.3 is 48.5 Å². The number of allylic oxidation sites excluding steroid dienone is 10. The molecule has 0 bridgehead atoms. The zero-order valence-electron chi connectivity index (χ0n) is 33.0. The standard InChI is InChI=1S/C41H68N2O10/c1-35(14-15-39-37(3)12-7-13-38(39)4)10-6-11-36(2)34-41(45)43-18-9-20-48-25-28-51-27-24-47-19-8-17-42-40(44)16-21-49-26-29-52-32-33-53-31-30-50-23-22-46-5/h6,10-11,14-15,34H,3,7-9,12-13,16-33H2,1-2,4-5H3,(H,42,44)(H,43,45)/b11-6+,15-14+,35-10+,36-34+. The molecule has 2 N–H and O–H groups in total. The fraction of sp³-hybridized carbons (Fsp3) is 0.659. The number of carbonyl (C=O) groups excluding carboxylic acids is 2. The SMILES string of the molecule is C=C1CCCC(C)=C1/C=C/C(C)=C/C=C/C(C)=C/C(=O)NCCCOCCOCCOCCCNC(=O)CCOCCOCCOCCOCCOC. The van der Waals surface area contributed by atoms with Crippen LogP contribution in [0.15, 0.2) is 70.9 Å². The molecule has 1 aliphatic rings. The molecule has 0 fully saturated rings. The van der Waals surface area contributed by atoms with Crippen molar-refractivity contribution in [3.63, 3.8) is 0 Å². The van der Waals surface area contributed by atoms with Crippen molar-refractivity contribution in [2.24, 2.45) is 0 Å². The monoisotopic (exact) mass is 748 g/mol. The van der Waals surface area contributed by atoms with E-state index in [1.54, 1.807) is 13.2 Å². The van der Waals surface area contributed by atoms with E-state index in [0.717, 1.165) is 36.8 Å². The molecule has 2 amide bonds. The predicted molar refractivity (Wildman–Crippen MR) is 209 cm³/mol. The average Bonchev–Trinajstić information content (AvgIpc) is 3.13. The molecule has 0 aromatic rings. The summed E-state index contributed by atoms with van der Waals surface area (Å²) in [7, 11) is 1.64. The second kappa shape index (κ2) is 34.8. The van der Waals surface area contributed by atoms with Gasteiger partial charge in [-0.3, -0.25) is 9.59 Å². The van der Waals surface area contributed by atoms with E-state index in [-0.39, 0.29) is 11.8 Å². The molecule has 0 unspecified atom stereocenters. The van der Waals surface area contributed by atoms with Crippen molar-refractivity contribution in [3.05, 3.63) is 70.9 Å². The highest BCUT2D eigenvalue weighted by Gasteiger charge is 2.10. The normalized spacial score (nSPS) is 14.2. The molecule has 1 rings (SSSR count). The molecule has 53 heavy (non-hydrogen) atoms. The highest BCUT2D eigenvalue weighted by atomic mass is 16.6. The molecule has 12 nitrogen and oxygen atoms in total. The number of ether oxygens (including phenoxy) is 8. The van der Waals surface area contributed by atoms with Gasteiger partial charge >= 0.3 is 0 Å². The van der Waals surface area contributed by atoms with Gasteiger partial charge in [-0.1, -0.05) is 48.1 Å².